The van der Waals surface area contributed by atoms with Gasteiger partial charge in [0.15, 0.2) is 0 Å². The fourth-order valence-corrected chi connectivity index (χ4v) is 8.86. The van der Waals surface area contributed by atoms with Crippen LogP contribution in [-0.4, -0.2) is 39.5 Å². The molecular formula is C24H39N3O4. The van der Waals surface area contributed by atoms with Gasteiger partial charge in [0.25, 0.3) is 0 Å². The average Bonchev–Trinajstić information content (AvgIpc) is 3.07. The molecule has 7 heteroatoms. The van der Waals surface area contributed by atoms with Crippen LogP contribution in [0.3, 0.4) is 0 Å². The van der Waals surface area contributed by atoms with Crippen LogP contribution in [0.1, 0.15) is 78.6 Å². The second-order valence-electron chi connectivity index (χ2n) is 11.6. The van der Waals surface area contributed by atoms with Crippen LogP contribution in [0, 0.1) is 46.3 Å². The Morgan fingerprint density at radius 2 is 1.90 bits per heavy atom. The third kappa shape index (κ3) is 3.57. The molecule has 7 nitrogen and oxygen atoms in total. The standard InChI is InChI=1S/C24H39N3O4/c1-13(4-7-21(30)31)16-5-6-17-22-18(12-20(29)24(16,17)3)23(2)9-8-15(26-27-25)10-14(23)11-19(22)28/h13-20,22,28-29H,4-12H2,1-3H3,(H,30,31)/t13-,14?,15-,16-,17?,18?,19-,20+,22?,23+,24-/m1/s1. The molecule has 0 aromatic heterocycles. The molecule has 4 rings (SSSR count). The minimum absolute atomic E-state index is 0.0246. The molecule has 4 unspecified atom stereocenters. The van der Waals surface area contributed by atoms with E-state index in [2.05, 4.69) is 30.8 Å². The van der Waals surface area contributed by atoms with Gasteiger partial charge >= 0.3 is 5.97 Å². The molecule has 3 N–H and O–H groups in total. The second-order valence-corrected chi connectivity index (χ2v) is 11.6. The number of hydrogen-bond donors (Lipinski definition) is 3. The molecule has 4 aliphatic rings. The predicted octanol–water partition coefficient (Wildman–Crippen LogP) is 4.77. The zero-order chi connectivity index (χ0) is 22.6. The number of aliphatic hydroxyl groups excluding tert-OH is 2. The van der Waals surface area contributed by atoms with Gasteiger partial charge in [-0.3, -0.25) is 4.79 Å². The van der Waals surface area contributed by atoms with Crippen LogP contribution in [-0.2, 0) is 4.79 Å². The van der Waals surface area contributed by atoms with Crippen LogP contribution in [0.4, 0.5) is 0 Å². The number of hydrogen-bond acceptors (Lipinski definition) is 4. The lowest BCUT2D eigenvalue weighted by molar-refractivity contribution is -0.202. The van der Waals surface area contributed by atoms with E-state index >= 15 is 0 Å². The number of rotatable bonds is 5. The van der Waals surface area contributed by atoms with E-state index in [-0.39, 0.29) is 53.1 Å². The van der Waals surface area contributed by atoms with E-state index < -0.39 is 12.1 Å². The zero-order valence-electron chi connectivity index (χ0n) is 19.2. The van der Waals surface area contributed by atoms with E-state index in [1.807, 2.05) is 0 Å². The van der Waals surface area contributed by atoms with Crippen molar-refractivity contribution in [1.29, 1.82) is 0 Å². The first kappa shape index (κ1) is 22.9. The van der Waals surface area contributed by atoms with Gasteiger partial charge in [0.05, 0.1) is 12.2 Å². The third-order valence-electron chi connectivity index (χ3n) is 10.5. The van der Waals surface area contributed by atoms with Gasteiger partial charge in [-0.2, -0.15) is 0 Å². The van der Waals surface area contributed by atoms with Gasteiger partial charge in [0.2, 0.25) is 0 Å². The van der Waals surface area contributed by atoms with Crippen LogP contribution in [0.5, 0.6) is 0 Å². The minimum atomic E-state index is -0.756. The number of aliphatic carboxylic acids is 1. The van der Waals surface area contributed by atoms with E-state index in [4.69, 9.17) is 10.6 Å². The molecule has 0 aromatic rings. The molecular weight excluding hydrogens is 394 g/mol. The van der Waals surface area contributed by atoms with Gasteiger partial charge < -0.3 is 15.3 Å². The Morgan fingerprint density at radius 1 is 1.16 bits per heavy atom. The van der Waals surface area contributed by atoms with Gasteiger partial charge in [0.1, 0.15) is 0 Å². The quantitative estimate of drug-likeness (QED) is 0.328. The normalized spacial score (nSPS) is 49.8. The van der Waals surface area contributed by atoms with E-state index in [9.17, 15) is 15.0 Å². The summed E-state index contributed by atoms with van der Waals surface area (Å²) >= 11 is 0. The lowest BCUT2D eigenvalue weighted by Crippen LogP contribution is -2.62. The highest BCUT2D eigenvalue weighted by atomic mass is 16.4. The maximum Gasteiger partial charge on any atom is 0.303 e. The maximum absolute atomic E-state index is 11.5. The van der Waals surface area contributed by atoms with Gasteiger partial charge in [-0.25, -0.2) is 0 Å². The summed E-state index contributed by atoms with van der Waals surface area (Å²) in [5, 5.41) is 36.0. The molecule has 4 fully saturated rings. The molecule has 0 radical (unpaired) electrons. The van der Waals surface area contributed by atoms with Crippen molar-refractivity contribution < 1.29 is 20.1 Å². The van der Waals surface area contributed by atoms with Crippen LogP contribution in [0.25, 0.3) is 10.4 Å². The number of carboxylic acids is 1. The number of azide groups is 1. The highest BCUT2D eigenvalue weighted by molar-refractivity contribution is 5.66. The van der Waals surface area contributed by atoms with E-state index in [0.717, 1.165) is 44.9 Å². The number of carbonyl (C=O) groups is 1. The highest BCUT2D eigenvalue weighted by Crippen LogP contribution is 2.68. The minimum Gasteiger partial charge on any atom is -0.481 e. The first-order chi connectivity index (χ1) is 14.6. The van der Waals surface area contributed by atoms with Crippen LogP contribution in [0.15, 0.2) is 5.11 Å². The number of aliphatic hydroxyl groups is 2. The average molecular weight is 434 g/mol. The fourth-order valence-electron chi connectivity index (χ4n) is 8.86. The summed E-state index contributed by atoms with van der Waals surface area (Å²) in [6.07, 6.45) is 6.24. The highest BCUT2D eigenvalue weighted by Gasteiger charge is 2.65. The molecule has 0 bridgehead atoms. The molecule has 0 amide bonds. The van der Waals surface area contributed by atoms with Crippen molar-refractivity contribution in [2.24, 2.45) is 51.5 Å². The smallest absolute Gasteiger partial charge is 0.303 e. The summed E-state index contributed by atoms with van der Waals surface area (Å²) in [6, 6.07) is 0.0246. The Labute approximate surface area is 185 Å². The zero-order valence-corrected chi connectivity index (χ0v) is 19.2. The molecule has 31 heavy (non-hydrogen) atoms. The lowest BCUT2D eigenvalue weighted by atomic mass is 9.43. The molecule has 0 aromatic carbocycles. The van der Waals surface area contributed by atoms with Crippen molar-refractivity contribution in [3.63, 3.8) is 0 Å². The van der Waals surface area contributed by atoms with Gasteiger partial charge in [0, 0.05) is 17.4 Å². The number of fused-ring (bicyclic) bond motifs is 5. The molecule has 4 saturated carbocycles. The Balaban J connectivity index is 1.59. The first-order valence-corrected chi connectivity index (χ1v) is 12.2. The summed E-state index contributed by atoms with van der Waals surface area (Å²) in [4.78, 5) is 14.1. The summed E-state index contributed by atoms with van der Waals surface area (Å²) in [5.41, 5.74) is 8.68. The van der Waals surface area contributed by atoms with Crippen molar-refractivity contribution >= 4 is 5.97 Å². The van der Waals surface area contributed by atoms with E-state index in [0.29, 0.717) is 18.3 Å². The van der Waals surface area contributed by atoms with E-state index in [1.165, 1.54) is 0 Å². The monoisotopic (exact) mass is 433 g/mol. The SMILES string of the molecule is C[C@H](CCC(=O)O)[C@H]1CCC2C3C(C[C@H](O)[C@@]21C)[C@@]1(C)CC[C@@H](N=[N+]=[N-])CC1C[C@H]3O. The molecule has 11 atom stereocenters. The molecule has 0 aliphatic heterocycles. The topological polar surface area (TPSA) is 127 Å². The number of nitrogens with zero attached hydrogens (tertiary/aromatic N) is 3. The summed E-state index contributed by atoms with van der Waals surface area (Å²) in [6.45, 7) is 6.71. The Bertz CT molecular complexity index is 755. The van der Waals surface area contributed by atoms with E-state index in [1.54, 1.807) is 0 Å². The Hall–Kier alpha value is -1.30. The summed E-state index contributed by atoms with van der Waals surface area (Å²) < 4.78 is 0. The molecule has 4 aliphatic carbocycles. The Morgan fingerprint density at radius 3 is 2.58 bits per heavy atom. The molecule has 174 valence electrons. The third-order valence-corrected chi connectivity index (χ3v) is 10.5. The van der Waals surface area contributed by atoms with Crippen molar-refractivity contribution in [3.8, 4) is 0 Å². The van der Waals surface area contributed by atoms with Crippen LogP contribution in [0.2, 0.25) is 0 Å². The fraction of sp³-hybridized carbons (Fsp3) is 0.958. The maximum atomic E-state index is 11.5. The van der Waals surface area contributed by atoms with Gasteiger partial charge in [-0.15, -0.1) is 0 Å². The van der Waals surface area contributed by atoms with Gasteiger partial charge in [-0.05, 0) is 103 Å². The number of carboxylic acid groups (broad SMARTS) is 1. The van der Waals surface area contributed by atoms with Crippen molar-refractivity contribution in [3.05, 3.63) is 10.4 Å². The lowest BCUT2D eigenvalue weighted by Gasteiger charge is -2.63. The molecule has 0 heterocycles. The summed E-state index contributed by atoms with van der Waals surface area (Å²) in [5.74, 6) is 0.884. The predicted molar refractivity (Wildman–Crippen MR) is 117 cm³/mol. The van der Waals surface area contributed by atoms with Crippen molar-refractivity contribution in [2.75, 3.05) is 0 Å². The van der Waals surface area contributed by atoms with Crippen molar-refractivity contribution in [2.45, 2.75) is 96.8 Å². The second kappa shape index (κ2) is 8.24. The molecule has 0 saturated heterocycles. The first-order valence-electron chi connectivity index (χ1n) is 12.2. The van der Waals surface area contributed by atoms with Crippen molar-refractivity contribution in [1.82, 2.24) is 0 Å². The molecule has 0 spiro atoms. The largest absolute Gasteiger partial charge is 0.481 e. The van der Waals surface area contributed by atoms with Crippen LogP contribution < -0.4 is 0 Å². The van der Waals surface area contributed by atoms with Gasteiger partial charge in [-0.1, -0.05) is 25.9 Å². The Kier molecular flexibility index (Phi) is 6.08. The van der Waals surface area contributed by atoms with Crippen LogP contribution >= 0.6 is 0 Å². The summed E-state index contributed by atoms with van der Waals surface area (Å²) in [7, 11) is 0.